The quantitative estimate of drug-likeness (QED) is 0.885. The average molecular weight is 276 g/mol. The first-order chi connectivity index (χ1) is 8.77. The summed E-state index contributed by atoms with van der Waals surface area (Å²) in [6, 6.07) is 18.0. The molecule has 0 radical (unpaired) electrons. The predicted molar refractivity (Wildman–Crippen MR) is 79.2 cm³/mol. The van der Waals surface area contributed by atoms with Gasteiger partial charge < -0.3 is 10.8 Å². The van der Waals surface area contributed by atoms with Gasteiger partial charge in [0.05, 0.1) is 6.10 Å². The van der Waals surface area contributed by atoms with Crippen LogP contribution >= 0.6 is 12.4 Å². The zero-order chi connectivity index (χ0) is 12.5. The Kier molecular flexibility index (Phi) is 4.25. The molecule has 3 heteroatoms. The summed E-state index contributed by atoms with van der Waals surface area (Å²) in [6.45, 7) is 0. The summed E-state index contributed by atoms with van der Waals surface area (Å²) in [5, 5.41) is 10.4. The molecule has 2 nitrogen and oxygen atoms in total. The highest BCUT2D eigenvalue weighted by Gasteiger charge is 2.35. The van der Waals surface area contributed by atoms with Gasteiger partial charge in [0.1, 0.15) is 0 Å². The molecule has 0 fully saturated rings. The van der Waals surface area contributed by atoms with Crippen molar-refractivity contribution in [2.24, 2.45) is 11.7 Å². The molecular weight excluding hydrogens is 258 g/mol. The van der Waals surface area contributed by atoms with Crippen LogP contribution in [0.15, 0.2) is 54.6 Å². The highest BCUT2D eigenvalue weighted by Crippen LogP contribution is 2.41. The zero-order valence-electron chi connectivity index (χ0n) is 10.6. The molecule has 100 valence electrons. The van der Waals surface area contributed by atoms with Gasteiger partial charge in [-0.1, -0.05) is 54.6 Å². The van der Waals surface area contributed by atoms with E-state index in [0.717, 1.165) is 17.5 Å². The maximum Gasteiger partial charge on any atom is 0.0842 e. The third kappa shape index (κ3) is 2.52. The molecule has 0 bridgehead atoms. The summed E-state index contributed by atoms with van der Waals surface area (Å²) >= 11 is 0. The Labute approximate surface area is 119 Å². The van der Waals surface area contributed by atoms with Crippen molar-refractivity contribution < 1.29 is 5.11 Å². The van der Waals surface area contributed by atoms with E-state index in [1.54, 1.807) is 0 Å². The SMILES string of the molecule is Cl.NC(c1ccccc1)C1Cc2ccccc2C1O. The van der Waals surface area contributed by atoms with Gasteiger partial charge in [-0.25, -0.2) is 0 Å². The molecule has 3 unspecified atom stereocenters. The number of rotatable bonds is 2. The molecule has 3 rings (SSSR count). The van der Waals surface area contributed by atoms with Crippen LogP contribution in [0.2, 0.25) is 0 Å². The van der Waals surface area contributed by atoms with Crippen LogP contribution in [-0.2, 0) is 6.42 Å². The van der Waals surface area contributed by atoms with E-state index in [1.807, 2.05) is 48.5 Å². The highest BCUT2D eigenvalue weighted by molar-refractivity contribution is 5.85. The predicted octanol–water partition coefficient (Wildman–Crippen LogP) is 3.01. The van der Waals surface area contributed by atoms with E-state index in [4.69, 9.17) is 5.73 Å². The molecule has 0 aromatic heterocycles. The molecule has 2 aromatic carbocycles. The van der Waals surface area contributed by atoms with Gasteiger partial charge in [0.2, 0.25) is 0 Å². The maximum atomic E-state index is 10.4. The van der Waals surface area contributed by atoms with Crippen LogP contribution in [0, 0.1) is 5.92 Å². The smallest absolute Gasteiger partial charge is 0.0842 e. The van der Waals surface area contributed by atoms with E-state index in [9.17, 15) is 5.11 Å². The molecule has 0 saturated heterocycles. The Hall–Kier alpha value is -1.35. The number of halogens is 1. The second-order valence-corrected chi connectivity index (χ2v) is 4.95. The maximum absolute atomic E-state index is 10.4. The molecule has 0 saturated carbocycles. The van der Waals surface area contributed by atoms with E-state index < -0.39 is 6.10 Å². The van der Waals surface area contributed by atoms with Crippen LogP contribution in [0.25, 0.3) is 0 Å². The van der Waals surface area contributed by atoms with E-state index in [-0.39, 0.29) is 24.4 Å². The topological polar surface area (TPSA) is 46.2 Å². The Balaban J connectivity index is 0.00000133. The van der Waals surface area contributed by atoms with Crippen LogP contribution < -0.4 is 5.73 Å². The lowest BCUT2D eigenvalue weighted by Gasteiger charge is -2.23. The fourth-order valence-corrected chi connectivity index (χ4v) is 2.85. The second-order valence-electron chi connectivity index (χ2n) is 4.95. The molecule has 1 aliphatic rings. The van der Waals surface area contributed by atoms with Crippen LogP contribution in [0.3, 0.4) is 0 Å². The lowest BCUT2D eigenvalue weighted by atomic mass is 9.90. The van der Waals surface area contributed by atoms with Crippen molar-refractivity contribution in [1.82, 2.24) is 0 Å². The number of hydrogen-bond donors (Lipinski definition) is 2. The second kappa shape index (κ2) is 5.74. The van der Waals surface area contributed by atoms with Gasteiger partial charge in [-0.3, -0.25) is 0 Å². The minimum Gasteiger partial charge on any atom is -0.388 e. The zero-order valence-corrected chi connectivity index (χ0v) is 11.4. The first kappa shape index (κ1) is 14.1. The molecule has 0 spiro atoms. The Morgan fingerprint density at radius 2 is 1.63 bits per heavy atom. The fraction of sp³-hybridized carbons (Fsp3) is 0.250. The molecule has 0 aliphatic heterocycles. The van der Waals surface area contributed by atoms with Crippen LogP contribution in [-0.4, -0.2) is 5.11 Å². The lowest BCUT2D eigenvalue weighted by Crippen LogP contribution is -2.24. The van der Waals surface area contributed by atoms with Crippen molar-refractivity contribution in [2.45, 2.75) is 18.6 Å². The largest absolute Gasteiger partial charge is 0.388 e. The molecule has 19 heavy (non-hydrogen) atoms. The molecule has 0 amide bonds. The first-order valence-corrected chi connectivity index (χ1v) is 6.34. The van der Waals surface area contributed by atoms with E-state index in [0.29, 0.717) is 0 Å². The van der Waals surface area contributed by atoms with Gasteiger partial charge in [0, 0.05) is 12.0 Å². The summed E-state index contributed by atoms with van der Waals surface area (Å²) in [6.07, 6.45) is 0.407. The van der Waals surface area contributed by atoms with Crippen molar-refractivity contribution in [3.05, 3.63) is 71.3 Å². The molecule has 0 heterocycles. The minimum absolute atomic E-state index is 0. The standard InChI is InChI=1S/C16H17NO.ClH/c17-15(11-6-2-1-3-7-11)14-10-12-8-4-5-9-13(12)16(14)18;/h1-9,14-16,18H,10,17H2;1H. The number of benzene rings is 2. The number of fused-ring (bicyclic) bond motifs is 1. The van der Waals surface area contributed by atoms with Gasteiger partial charge in [0.25, 0.3) is 0 Å². The monoisotopic (exact) mass is 275 g/mol. The van der Waals surface area contributed by atoms with Gasteiger partial charge in [-0.05, 0) is 23.1 Å². The third-order valence-electron chi connectivity index (χ3n) is 3.88. The first-order valence-electron chi connectivity index (χ1n) is 6.34. The minimum atomic E-state index is -0.448. The number of aliphatic hydroxyl groups is 1. The molecule has 3 N–H and O–H groups in total. The third-order valence-corrected chi connectivity index (χ3v) is 3.88. The van der Waals surface area contributed by atoms with Gasteiger partial charge in [-0.15, -0.1) is 12.4 Å². The summed E-state index contributed by atoms with van der Waals surface area (Å²) in [5.74, 6) is 0.0739. The van der Waals surface area contributed by atoms with Gasteiger partial charge in [0.15, 0.2) is 0 Å². The van der Waals surface area contributed by atoms with Crippen LogP contribution in [0.1, 0.15) is 28.8 Å². The summed E-state index contributed by atoms with van der Waals surface area (Å²) in [4.78, 5) is 0. The molecule has 1 aliphatic carbocycles. The molecule has 2 aromatic rings. The Morgan fingerprint density at radius 3 is 2.32 bits per heavy atom. The average Bonchev–Trinajstić information content (AvgIpc) is 2.77. The molecular formula is C16H18ClNO. The summed E-state index contributed by atoms with van der Waals surface area (Å²) in [7, 11) is 0. The van der Waals surface area contributed by atoms with E-state index in [2.05, 4.69) is 6.07 Å². The van der Waals surface area contributed by atoms with Crippen molar-refractivity contribution >= 4 is 12.4 Å². The number of aliphatic hydroxyl groups excluding tert-OH is 1. The fourth-order valence-electron chi connectivity index (χ4n) is 2.85. The highest BCUT2D eigenvalue weighted by atomic mass is 35.5. The summed E-state index contributed by atoms with van der Waals surface area (Å²) in [5.41, 5.74) is 9.66. The summed E-state index contributed by atoms with van der Waals surface area (Å²) < 4.78 is 0. The van der Waals surface area contributed by atoms with Crippen molar-refractivity contribution in [2.75, 3.05) is 0 Å². The number of nitrogens with two attached hydrogens (primary N) is 1. The van der Waals surface area contributed by atoms with Crippen LogP contribution in [0.4, 0.5) is 0 Å². The van der Waals surface area contributed by atoms with Crippen molar-refractivity contribution in [1.29, 1.82) is 0 Å². The van der Waals surface area contributed by atoms with E-state index >= 15 is 0 Å². The Bertz CT molecular complexity index is 543. The Morgan fingerprint density at radius 1 is 1.00 bits per heavy atom. The van der Waals surface area contributed by atoms with Crippen molar-refractivity contribution in [3.8, 4) is 0 Å². The van der Waals surface area contributed by atoms with Crippen molar-refractivity contribution in [3.63, 3.8) is 0 Å². The van der Waals surface area contributed by atoms with E-state index in [1.165, 1.54) is 5.56 Å². The van der Waals surface area contributed by atoms with Gasteiger partial charge in [-0.2, -0.15) is 0 Å². The molecule has 3 atom stereocenters. The lowest BCUT2D eigenvalue weighted by molar-refractivity contribution is 0.108. The van der Waals surface area contributed by atoms with Crippen LogP contribution in [0.5, 0.6) is 0 Å². The van der Waals surface area contributed by atoms with Gasteiger partial charge >= 0.3 is 0 Å². The number of hydrogen-bond acceptors (Lipinski definition) is 2. The normalized spacial score (nSPS) is 22.4.